The Morgan fingerprint density at radius 3 is 2.64 bits per heavy atom. The number of phenolic OH excluding ortho intramolecular Hbond substituents is 1. The number of anilines is 1. The van der Waals surface area contributed by atoms with Crippen LogP contribution in [0.15, 0.2) is 29.3 Å². The van der Waals surface area contributed by atoms with Crippen LogP contribution in [-0.4, -0.2) is 53.3 Å². The monoisotopic (exact) mass is 344 g/mol. The Hall–Kier alpha value is -2.54. The lowest BCUT2D eigenvalue weighted by Crippen LogP contribution is -2.46. The fraction of sp³-hybridized carbons (Fsp3) is 0.444. The molecule has 0 atom stereocenters. The average Bonchev–Trinajstić information content (AvgIpc) is 2.64. The summed E-state index contributed by atoms with van der Waals surface area (Å²) >= 11 is 0. The molecule has 0 saturated carbocycles. The van der Waals surface area contributed by atoms with Crippen molar-refractivity contribution in [3.8, 4) is 11.5 Å². The number of piperazine rings is 1. The molecule has 7 nitrogen and oxygen atoms in total. The first kappa shape index (κ1) is 17.3. The Kier molecular flexibility index (Phi) is 5.23. The molecule has 25 heavy (non-hydrogen) atoms. The maximum absolute atomic E-state index is 11.4. The maximum Gasteiger partial charge on any atom is 0.252 e. The van der Waals surface area contributed by atoms with Crippen molar-refractivity contribution in [2.45, 2.75) is 19.9 Å². The van der Waals surface area contributed by atoms with Crippen LogP contribution >= 0.6 is 0 Å². The Bertz CT molecular complexity index is 782. The predicted octanol–water partition coefficient (Wildman–Crippen LogP) is 1.37. The number of rotatable bonds is 5. The summed E-state index contributed by atoms with van der Waals surface area (Å²) in [6, 6.07) is 5.45. The number of aromatic nitrogens is 2. The third-order valence-electron chi connectivity index (χ3n) is 4.60. The van der Waals surface area contributed by atoms with E-state index in [2.05, 4.69) is 26.7 Å². The van der Waals surface area contributed by atoms with Gasteiger partial charge in [0.2, 0.25) is 0 Å². The molecule has 2 N–H and O–H groups in total. The van der Waals surface area contributed by atoms with E-state index >= 15 is 0 Å². The summed E-state index contributed by atoms with van der Waals surface area (Å²) in [5.41, 5.74) is 1.90. The Labute approximate surface area is 146 Å². The lowest BCUT2D eigenvalue weighted by atomic mass is 10.1. The highest BCUT2D eigenvalue weighted by molar-refractivity contribution is 5.48. The van der Waals surface area contributed by atoms with E-state index in [-0.39, 0.29) is 11.3 Å². The number of aryl methyl sites for hydroxylation is 1. The minimum atomic E-state index is -0.138. The normalized spacial score (nSPS) is 15.4. The minimum Gasteiger partial charge on any atom is -0.504 e. The number of ether oxygens (including phenoxy) is 1. The number of nitrogens with one attached hydrogen (secondary N) is 1. The number of aromatic amines is 1. The van der Waals surface area contributed by atoms with Gasteiger partial charge >= 0.3 is 0 Å². The smallest absolute Gasteiger partial charge is 0.252 e. The molecule has 134 valence electrons. The number of phenols is 1. The van der Waals surface area contributed by atoms with E-state index < -0.39 is 0 Å². The fourth-order valence-electron chi connectivity index (χ4n) is 3.12. The molecule has 2 heterocycles. The molecule has 0 radical (unpaired) electrons. The highest BCUT2D eigenvalue weighted by atomic mass is 16.5. The SMILES string of the molecule is CCc1cc(CN2CCN(c3cc(=O)[nH]cn3)CC2)c(O)c(OC)c1. The van der Waals surface area contributed by atoms with E-state index in [1.807, 2.05) is 12.1 Å². The minimum absolute atomic E-state index is 0.138. The van der Waals surface area contributed by atoms with Crippen LogP contribution in [-0.2, 0) is 13.0 Å². The molecule has 1 aromatic carbocycles. The number of hydrogen-bond acceptors (Lipinski definition) is 6. The Morgan fingerprint density at radius 2 is 2.00 bits per heavy atom. The van der Waals surface area contributed by atoms with Crippen LogP contribution in [0.2, 0.25) is 0 Å². The second kappa shape index (κ2) is 7.57. The van der Waals surface area contributed by atoms with Gasteiger partial charge in [-0.15, -0.1) is 0 Å². The van der Waals surface area contributed by atoms with Gasteiger partial charge in [0.15, 0.2) is 11.5 Å². The second-order valence-corrected chi connectivity index (χ2v) is 6.19. The number of methoxy groups -OCH3 is 1. The molecule has 0 bridgehead atoms. The summed E-state index contributed by atoms with van der Waals surface area (Å²) < 4.78 is 5.29. The second-order valence-electron chi connectivity index (χ2n) is 6.19. The standard InChI is InChI=1S/C18H24N4O3/c1-3-13-8-14(18(24)15(9-13)25-2)11-21-4-6-22(7-5-21)16-10-17(23)20-12-19-16/h8-10,12,24H,3-7,11H2,1-2H3,(H,19,20,23). The first-order chi connectivity index (χ1) is 12.1. The molecule has 3 rings (SSSR count). The number of H-pyrrole nitrogens is 1. The Morgan fingerprint density at radius 1 is 1.24 bits per heavy atom. The van der Waals surface area contributed by atoms with Gasteiger partial charge in [-0.1, -0.05) is 13.0 Å². The van der Waals surface area contributed by atoms with Crippen molar-refractivity contribution in [1.82, 2.24) is 14.9 Å². The van der Waals surface area contributed by atoms with Gasteiger partial charge in [0.25, 0.3) is 5.56 Å². The molecule has 0 aliphatic carbocycles. The number of hydrogen-bond donors (Lipinski definition) is 2. The van der Waals surface area contributed by atoms with Crippen molar-refractivity contribution >= 4 is 5.82 Å². The molecule has 0 amide bonds. The van der Waals surface area contributed by atoms with Gasteiger partial charge in [0.05, 0.1) is 13.4 Å². The number of nitrogens with zero attached hydrogens (tertiary/aromatic N) is 3. The summed E-state index contributed by atoms with van der Waals surface area (Å²) in [7, 11) is 1.58. The lowest BCUT2D eigenvalue weighted by molar-refractivity contribution is 0.245. The van der Waals surface area contributed by atoms with E-state index in [9.17, 15) is 9.90 Å². The Balaban J connectivity index is 1.67. The third kappa shape index (κ3) is 3.93. The molecule has 1 aliphatic rings. The molecule has 2 aromatic rings. The summed E-state index contributed by atoms with van der Waals surface area (Å²) in [5, 5.41) is 10.4. The van der Waals surface area contributed by atoms with Crippen LogP contribution < -0.4 is 15.2 Å². The topological polar surface area (TPSA) is 81.7 Å². The van der Waals surface area contributed by atoms with Crippen molar-refractivity contribution in [1.29, 1.82) is 0 Å². The summed E-state index contributed by atoms with van der Waals surface area (Å²) in [5.74, 6) is 1.46. The molecular formula is C18H24N4O3. The number of benzene rings is 1. The highest BCUT2D eigenvalue weighted by Crippen LogP contribution is 2.32. The van der Waals surface area contributed by atoms with Gasteiger partial charge in [-0.2, -0.15) is 0 Å². The molecule has 1 saturated heterocycles. The van der Waals surface area contributed by atoms with Gasteiger partial charge in [-0.3, -0.25) is 9.69 Å². The molecule has 7 heteroatoms. The van der Waals surface area contributed by atoms with Gasteiger partial charge in [-0.05, 0) is 18.1 Å². The molecule has 1 fully saturated rings. The zero-order valence-electron chi connectivity index (χ0n) is 14.7. The average molecular weight is 344 g/mol. The summed E-state index contributed by atoms with van der Waals surface area (Å²) in [6.07, 6.45) is 2.33. The predicted molar refractivity (Wildman–Crippen MR) is 96.4 cm³/mol. The van der Waals surface area contributed by atoms with E-state index in [4.69, 9.17) is 4.74 Å². The van der Waals surface area contributed by atoms with E-state index in [1.165, 1.54) is 12.4 Å². The van der Waals surface area contributed by atoms with Gasteiger partial charge in [0, 0.05) is 44.4 Å². The maximum atomic E-state index is 11.4. The van der Waals surface area contributed by atoms with Crippen molar-refractivity contribution in [3.63, 3.8) is 0 Å². The van der Waals surface area contributed by atoms with Crippen molar-refractivity contribution in [2.24, 2.45) is 0 Å². The number of aromatic hydroxyl groups is 1. The first-order valence-electron chi connectivity index (χ1n) is 8.51. The fourth-order valence-corrected chi connectivity index (χ4v) is 3.12. The van der Waals surface area contributed by atoms with Gasteiger partial charge in [0.1, 0.15) is 5.82 Å². The zero-order valence-corrected chi connectivity index (χ0v) is 14.7. The van der Waals surface area contributed by atoms with Crippen molar-refractivity contribution in [2.75, 3.05) is 38.2 Å². The molecule has 0 unspecified atom stereocenters. The van der Waals surface area contributed by atoms with Crippen LogP contribution in [0.25, 0.3) is 0 Å². The first-order valence-corrected chi connectivity index (χ1v) is 8.51. The van der Waals surface area contributed by atoms with Gasteiger partial charge < -0.3 is 19.7 Å². The summed E-state index contributed by atoms with van der Waals surface area (Å²) in [6.45, 7) is 6.03. The molecule has 1 aliphatic heterocycles. The van der Waals surface area contributed by atoms with Crippen LogP contribution in [0.5, 0.6) is 11.5 Å². The van der Waals surface area contributed by atoms with Crippen LogP contribution in [0, 0.1) is 0 Å². The summed E-state index contributed by atoms with van der Waals surface area (Å²) in [4.78, 5) is 22.6. The zero-order chi connectivity index (χ0) is 17.8. The van der Waals surface area contributed by atoms with E-state index in [1.54, 1.807) is 7.11 Å². The molecule has 0 spiro atoms. The van der Waals surface area contributed by atoms with Crippen molar-refractivity contribution in [3.05, 3.63) is 46.0 Å². The molecule has 1 aromatic heterocycles. The van der Waals surface area contributed by atoms with Gasteiger partial charge in [-0.25, -0.2) is 4.98 Å². The van der Waals surface area contributed by atoms with Crippen molar-refractivity contribution < 1.29 is 9.84 Å². The lowest BCUT2D eigenvalue weighted by Gasteiger charge is -2.35. The van der Waals surface area contributed by atoms with Crippen LogP contribution in [0.1, 0.15) is 18.1 Å². The quantitative estimate of drug-likeness (QED) is 0.853. The largest absolute Gasteiger partial charge is 0.504 e. The van der Waals surface area contributed by atoms with E-state index in [0.29, 0.717) is 18.1 Å². The van der Waals surface area contributed by atoms with Crippen LogP contribution in [0.3, 0.4) is 0 Å². The molecular weight excluding hydrogens is 320 g/mol. The highest BCUT2D eigenvalue weighted by Gasteiger charge is 2.20. The van der Waals surface area contributed by atoms with E-state index in [0.717, 1.165) is 43.7 Å². The van der Waals surface area contributed by atoms with Crippen LogP contribution in [0.4, 0.5) is 5.82 Å². The third-order valence-corrected chi connectivity index (χ3v) is 4.60.